The van der Waals surface area contributed by atoms with Gasteiger partial charge in [-0.3, -0.25) is 4.79 Å². The van der Waals surface area contributed by atoms with Crippen LogP contribution in [-0.4, -0.2) is 24.5 Å². The van der Waals surface area contributed by atoms with Gasteiger partial charge >= 0.3 is 0 Å². The van der Waals surface area contributed by atoms with E-state index in [-0.39, 0.29) is 11.3 Å². The van der Waals surface area contributed by atoms with Crippen molar-refractivity contribution in [1.29, 1.82) is 0 Å². The highest BCUT2D eigenvalue weighted by Gasteiger charge is 2.37. The van der Waals surface area contributed by atoms with Crippen LogP contribution in [0, 0.1) is 0 Å². The molecule has 3 heteroatoms. The average Bonchev–Trinajstić information content (AvgIpc) is 2.70. The Bertz CT molecular complexity index is 264. The van der Waals surface area contributed by atoms with Gasteiger partial charge in [-0.05, 0) is 38.8 Å². The summed E-state index contributed by atoms with van der Waals surface area (Å²) in [5.41, 5.74) is -0.381. The van der Waals surface area contributed by atoms with Gasteiger partial charge in [0.05, 0.1) is 12.1 Å². The minimum atomic E-state index is -0.381. The summed E-state index contributed by atoms with van der Waals surface area (Å²) in [6, 6.07) is 0. The van der Waals surface area contributed by atoms with Gasteiger partial charge in [-0.25, -0.2) is 0 Å². The molecule has 2 aliphatic heterocycles. The van der Waals surface area contributed by atoms with Crippen LogP contribution in [0.5, 0.6) is 0 Å². The minimum Gasteiger partial charge on any atom is -0.490 e. The molecule has 1 saturated heterocycles. The highest BCUT2D eigenvalue weighted by molar-refractivity contribution is 6.01. The number of rotatable bonds is 2. The molecule has 78 valence electrons. The first kappa shape index (κ1) is 9.71. The van der Waals surface area contributed by atoms with Crippen molar-refractivity contribution in [3.8, 4) is 0 Å². The third kappa shape index (κ3) is 1.69. The van der Waals surface area contributed by atoms with E-state index >= 15 is 0 Å². The van der Waals surface area contributed by atoms with E-state index in [1.807, 2.05) is 13.0 Å². The Hall–Kier alpha value is -0.830. The third-order valence-electron chi connectivity index (χ3n) is 3.05. The summed E-state index contributed by atoms with van der Waals surface area (Å²) in [5, 5.41) is 3.30. The summed E-state index contributed by atoms with van der Waals surface area (Å²) in [6.07, 6.45) is 6.00. The quantitative estimate of drug-likeness (QED) is 0.723. The van der Waals surface area contributed by atoms with E-state index in [4.69, 9.17) is 4.74 Å². The normalized spacial score (nSPS) is 32.2. The molecule has 3 nitrogen and oxygen atoms in total. The Kier molecular flexibility index (Phi) is 2.59. The summed E-state index contributed by atoms with van der Waals surface area (Å²) in [5.74, 6) is 0.705. The lowest BCUT2D eigenvalue weighted by atomic mass is 9.86. The number of ether oxygens (including phenoxy) is 1. The summed E-state index contributed by atoms with van der Waals surface area (Å²) >= 11 is 0. The van der Waals surface area contributed by atoms with Crippen molar-refractivity contribution < 1.29 is 9.53 Å². The second-order valence-electron chi connectivity index (χ2n) is 4.25. The van der Waals surface area contributed by atoms with Gasteiger partial charge in [-0.15, -0.1) is 0 Å². The molecule has 0 aliphatic carbocycles. The molecule has 0 aromatic heterocycles. The molecule has 1 N–H and O–H groups in total. The monoisotopic (exact) mass is 195 g/mol. The van der Waals surface area contributed by atoms with Gasteiger partial charge in [-0.1, -0.05) is 0 Å². The van der Waals surface area contributed by atoms with Crippen LogP contribution in [0.15, 0.2) is 11.8 Å². The van der Waals surface area contributed by atoms with E-state index < -0.39 is 0 Å². The first-order valence-corrected chi connectivity index (χ1v) is 5.35. The minimum absolute atomic E-state index is 0.134. The van der Waals surface area contributed by atoms with Gasteiger partial charge in [-0.2, -0.15) is 0 Å². The predicted molar refractivity (Wildman–Crippen MR) is 53.9 cm³/mol. The number of carbonyl (C=O) groups is 1. The van der Waals surface area contributed by atoms with E-state index in [1.165, 1.54) is 6.42 Å². The lowest BCUT2D eigenvalue weighted by molar-refractivity contribution is -0.125. The van der Waals surface area contributed by atoms with Crippen LogP contribution in [0.3, 0.4) is 0 Å². The van der Waals surface area contributed by atoms with Crippen LogP contribution < -0.4 is 5.32 Å². The first-order valence-electron chi connectivity index (χ1n) is 5.35. The molecule has 1 fully saturated rings. The van der Waals surface area contributed by atoms with E-state index in [0.29, 0.717) is 12.4 Å². The Morgan fingerprint density at radius 3 is 3.00 bits per heavy atom. The van der Waals surface area contributed by atoms with Gasteiger partial charge in [0.1, 0.15) is 0 Å². The smallest absolute Gasteiger partial charge is 0.216 e. The fourth-order valence-corrected chi connectivity index (χ4v) is 2.10. The molecule has 0 saturated carbocycles. The zero-order valence-corrected chi connectivity index (χ0v) is 8.64. The van der Waals surface area contributed by atoms with Crippen LogP contribution in [-0.2, 0) is 9.53 Å². The fourth-order valence-electron chi connectivity index (χ4n) is 2.10. The van der Waals surface area contributed by atoms with Gasteiger partial charge < -0.3 is 10.1 Å². The fraction of sp³-hybridized carbons (Fsp3) is 0.727. The molecule has 0 bridgehead atoms. The molecular weight excluding hydrogens is 178 g/mol. The Morgan fingerprint density at radius 1 is 1.57 bits per heavy atom. The molecule has 2 aliphatic rings. The Morgan fingerprint density at radius 2 is 2.43 bits per heavy atom. The van der Waals surface area contributed by atoms with Crippen molar-refractivity contribution in [3.05, 3.63) is 11.8 Å². The maximum atomic E-state index is 12.1. The number of hydrogen-bond acceptors (Lipinski definition) is 3. The SMILES string of the molecule is CC1(C(=O)C2=CCCO2)CCCCN1. The van der Waals surface area contributed by atoms with E-state index in [2.05, 4.69) is 5.32 Å². The zero-order valence-electron chi connectivity index (χ0n) is 8.64. The van der Waals surface area contributed by atoms with Crippen LogP contribution in [0.25, 0.3) is 0 Å². The number of nitrogens with one attached hydrogen (secondary N) is 1. The van der Waals surface area contributed by atoms with Gasteiger partial charge in [0.15, 0.2) is 5.76 Å². The summed E-state index contributed by atoms with van der Waals surface area (Å²) in [7, 11) is 0. The standard InChI is InChI=1S/C11H17NO2/c1-11(6-2-3-7-12-11)10(13)9-5-4-8-14-9/h5,12H,2-4,6-8H2,1H3. The molecule has 0 spiro atoms. The summed E-state index contributed by atoms with van der Waals surface area (Å²) in [6.45, 7) is 3.59. The van der Waals surface area contributed by atoms with Crippen molar-refractivity contribution in [3.63, 3.8) is 0 Å². The number of ketones is 1. The largest absolute Gasteiger partial charge is 0.490 e. The average molecular weight is 195 g/mol. The van der Waals surface area contributed by atoms with Gasteiger partial charge in [0.2, 0.25) is 5.78 Å². The van der Waals surface area contributed by atoms with Crippen LogP contribution in [0.4, 0.5) is 0 Å². The van der Waals surface area contributed by atoms with Gasteiger partial charge in [0, 0.05) is 6.42 Å². The molecule has 14 heavy (non-hydrogen) atoms. The number of piperidine rings is 1. The third-order valence-corrected chi connectivity index (χ3v) is 3.05. The number of Topliss-reactive ketones (excluding diaryl/α,β-unsaturated/α-hetero) is 1. The molecule has 1 unspecified atom stereocenters. The molecule has 0 aromatic rings. The van der Waals surface area contributed by atoms with E-state index in [0.717, 1.165) is 25.8 Å². The van der Waals surface area contributed by atoms with Crippen LogP contribution >= 0.6 is 0 Å². The molecule has 2 rings (SSSR count). The Balaban J connectivity index is 2.08. The zero-order chi connectivity index (χ0) is 10.0. The summed E-state index contributed by atoms with van der Waals surface area (Å²) < 4.78 is 5.30. The van der Waals surface area contributed by atoms with E-state index in [9.17, 15) is 4.79 Å². The molecular formula is C11H17NO2. The highest BCUT2D eigenvalue weighted by atomic mass is 16.5. The van der Waals surface area contributed by atoms with Crippen LogP contribution in [0.1, 0.15) is 32.6 Å². The molecule has 1 atom stereocenters. The lowest BCUT2D eigenvalue weighted by Crippen LogP contribution is -2.52. The van der Waals surface area contributed by atoms with Gasteiger partial charge in [0.25, 0.3) is 0 Å². The predicted octanol–water partition coefficient (Wildman–Crippen LogP) is 1.39. The number of carbonyl (C=O) groups excluding carboxylic acids is 1. The maximum Gasteiger partial charge on any atom is 0.216 e. The topological polar surface area (TPSA) is 38.3 Å². The second-order valence-corrected chi connectivity index (χ2v) is 4.25. The Labute approximate surface area is 84.5 Å². The van der Waals surface area contributed by atoms with Crippen molar-refractivity contribution in [2.45, 2.75) is 38.1 Å². The number of hydrogen-bond donors (Lipinski definition) is 1. The molecule has 2 heterocycles. The molecule has 0 aromatic carbocycles. The van der Waals surface area contributed by atoms with Crippen LogP contribution in [0.2, 0.25) is 0 Å². The van der Waals surface area contributed by atoms with Crippen molar-refractivity contribution in [1.82, 2.24) is 5.32 Å². The van der Waals surface area contributed by atoms with E-state index in [1.54, 1.807) is 0 Å². The molecule has 0 amide bonds. The van der Waals surface area contributed by atoms with Crippen molar-refractivity contribution in [2.24, 2.45) is 0 Å². The second kappa shape index (κ2) is 3.73. The van der Waals surface area contributed by atoms with Crippen molar-refractivity contribution >= 4 is 5.78 Å². The lowest BCUT2D eigenvalue weighted by Gasteiger charge is -2.33. The molecule has 0 radical (unpaired) electrons. The first-order chi connectivity index (χ1) is 6.72. The summed E-state index contributed by atoms with van der Waals surface area (Å²) in [4.78, 5) is 12.1. The maximum absolute atomic E-state index is 12.1. The van der Waals surface area contributed by atoms with Crippen molar-refractivity contribution in [2.75, 3.05) is 13.2 Å². The highest BCUT2D eigenvalue weighted by Crippen LogP contribution is 2.25.